The van der Waals surface area contributed by atoms with E-state index < -0.39 is 0 Å². The highest BCUT2D eigenvalue weighted by Crippen LogP contribution is 2.26. The first-order valence-electron chi connectivity index (χ1n) is 5.06. The molecule has 2 aromatic rings. The molecule has 17 heavy (non-hydrogen) atoms. The maximum atomic E-state index is 5.58. The molecule has 0 saturated heterocycles. The Hall–Kier alpha value is -1.28. The molecule has 92 valence electrons. The van der Waals surface area contributed by atoms with E-state index in [-0.39, 0.29) is 0 Å². The zero-order chi connectivity index (χ0) is 12.3. The number of nitrogens with zero attached hydrogens (tertiary/aromatic N) is 5. The van der Waals surface area contributed by atoms with Gasteiger partial charge in [0.2, 0.25) is 5.13 Å². The maximum absolute atomic E-state index is 5.58. The zero-order valence-electron chi connectivity index (χ0n) is 9.70. The van der Waals surface area contributed by atoms with Crippen molar-refractivity contribution in [1.82, 2.24) is 20.0 Å². The van der Waals surface area contributed by atoms with Gasteiger partial charge in [0.05, 0.1) is 18.4 Å². The number of anilines is 2. The number of hydrogen-bond acceptors (Lipinski definition) is 7. The first kappa shape index (κ1) is 12.2. The van der Waals surface area contributed by atoms with Crippen LogP contribution in [-0.2, 0) is 6.54 Å². The summed E-state index contributed by atoms with van der Waals surface area (Å²) in [6, 6.07) is 0. The van der Waals surface area contributed by atoms with Crippen molar-refractivity contribution >= 4 is 33.9 Å². The minimum Gasteiger partial charge on any atom is -0.396 e. The second-order valence-electron chi connectivity index (χ2n) is 3.63. The highest BCUT2D eigenvalue weighted by atomic mass is 32.2. The number of nitrogens with two attached hydrogens (primary N) is 1. The van der Waals surface area contributed by atoms with Gasteiger partial charge in [-0.2, -0.15) is 5.10 Å². The van der Waals surface area contributed by atoms with E-state index in [1.54, 1.807) is 29.3 Å². The van der Waals surface area contributed by atoms with Gasteiger partial charge < -0.3 is 10.6 Å². The molecule has 2 heterocycles. The number of thioether (sulfide) groups is 1. The average Bonchev–Trinajstić information content (AvgIpc) is 2.88. The van der Waals surface area contributed by atoms with Gasteiger partial charge in [-0.15, -0.1) is 10.2 Å². The molecule has 0 aliphatic carbocycles. The minimum atomic E-state index is 0.695. The third kappa shape index (κ3) is 3.34. The van der Waals surface area contributed by atoms with Gasteiger partial charge in [0.1, 0.15) is 0 Å². The summed E-state index contributed by atoms with van der Waals surface area (Å²) in [5.74, 6) is 0.906. The Morgan fingerprint density at radius 1 is 1.47 bits per heavy atom. The molecule has 0 aromatic carbocycles. The Kier molecular flexibility index (Phi) is 3.85. The van der Waals surface area contributed by atoms with Crippen molar-refractivity contribution in [3.05, 3.63) is 12.4 Å². The largest absolute Gasteiger partial charge is 0.396 e. The molecule has 2 rings (SSSR count). The summed E-state index contributed by atoms with van der Waals surface area (Å²) in [7, 11) is 3.92. The first-order valence-corrected chi connectivity index (χ1v) is 6.87. The molecule has 0 saturated carbocycles. The van der Waals surface area contributed by atoms with Crippen LogP contribution in [0.5, 0.6) is 0 Å². The molecule has 0 atom stereocenters. The number of nitrogen functional groups attached to an aromatic ring is 1. The molecule has 2 aromatic heterocycles. The Bertz CT molecular complexity index is 477. The topological polar surface area (TPSA) is 72.9 Å². The molecule has 6 nitrogen and oxygen atoms in total. The molecule has 0 fully saturated rings. The van der Waals surface area contributed by atoms with Crippen LogP contribution in [0.2, 0.25) is 0 Å². The van der Waals surface area contributed by atoms with Crippen LogP contribution < -0.4 is 10.6 Å². The van der Waals surface area contributed by atoms with Crippen LogP contribution >= 0.6 is 23.1 Å². The van der Waals surface area contributed by atoms with Gasteiger partial charge in [-0.3, -0.25) is 4.68 Å². The number of rotatable bonds is 5. The van der Waals surface area contributed by atoms with Gasteiger partial charge in [-0.1, -0.05) is 23.1 Å². The van der Waals surface area contributed by atoms with Crippen molar-refractivity contribution in [2.75, 3.05) is 30.5 Å². The summed E-state index contributed by atoms with van der Waals surface area (Å²) >= 11 is 3.27. The lowest BCUT2D eigenvalue weighted by molar-refractivity contribution is 0.666. The van der Waals surface area contributed by atoms with E-state index in [9.17, 15) is 0 Å². The number of aromatic nitrogens is 4. The van der Waals surface area contributed by atoms with Gasteiger partial charge >= 0.3 is 0 Å². The fourth-order valence-corrected chi connectivity index (χ4v) is 2.93. The van der Waals surface area contributed by atoms with Crippen molar-refractivity contribution in [3.8, 4) is 0 Å². The smallest absolute Gasteiger partial charge is 0.208 e. The maximum Gasteiger partial charge on any atom is 0.208 e. The van der Waals surface area contributed by atoms with Crippen LogP contribution in [0.3, 0.4) is 0 Å². The molecular weight excluding hydrogens is 256 g/mol. The van der Waals surface area contributed by atoms with Crippen molar-refractivity contribution in [1.29, 1.82) is 0 Å². The molecule has 0 aliphatic rings. The standard InChI is InChI=1S/C9H14N6S2/c1-14(2)8-12-13-9(17-8)16-4-3-15-6-7(10)5-11-15/h5-6H,3-4,10H2,1-2H3. The third-order valence-corrected chi connectivity index (χ3v) is 4.18. The van der Waals surface area contributed by atoms with E-state index in [4.69, 9.17) is 5.73 Å². The fraction of sp³-hybridized carbons (Fsp3) is 0.444. The second-order valence-corrected chi connectivity index (χ2v) is 5.93. The Labute approximate surface area is 108 Å². The van der Waals surface area contributed by atoms with Crippen LogP contribution in [0.4, 0.5) is 10.8 Å². The van der Waals surface area contributed by atoms with E-state index in [0.717, 1.165) is 21.8 Å². The predicted molar refractivity (Wildman–Crippen MR) is 71.6 cm³/mol. The first-order chi connectivity index (χ1) is 8.15. The Balaban J connectivity index is 1.81. The van der Waals surface area contributed by atoms with Crippen LogP contribution in [0.15, 0.2) is 16.7 Å². The average molecular weight is 270 g/mol. The van der Waals surface area contributed by atoms with E-state index in [1.165, 1.54) is 0 Å². The second kappa shape index (κ2) is 5.37. The van der Waals surface area contributed by atoms with Crippen molar-refractivity contribution in [2.24, 2.45) is 0 Å². The molecule has 0 radical (unpaired) electrons. The lowest BCUT2D eigenvalue weighted by Gasteiger charge is -2.03. The van der Waals surface area contributed by atoms with E-state index in [1.807, 2.05) is 29.9 Å². The molecule has 0 aliphatic heterocycles. The van der Waals surface area contributed by atoms with Gasteiger partial charge in [-0.25, -0.2) is 0 Å². The van der Waals surface area contributed by atoms with Crippen molar-refractivity contribution in [3.63, 3.8) is 0 Å². The molecule has 8 heteroatoms. The number of hydrogen-bond donors (Lipinski definition) is 1. The molecule has 0 amide bonds. The molecular formula is C9H14N6S2. The zero-order valence-corrected chi connectivity index (χ0v) is 11.3. The normalized spacial score (nSPS) is 10.7. The highest BCUT2D eigenvalue weighted by molar-refractivity contribution is 8.01. The molecule has 2 N–H and O–H groups in total. The van der Waals surface area contributed by atoms with E-state index >= 15 is 0 Å². The fourth-order valence-electron chi connectivity index (χ4n) is 1.17. The van der Waals surface area contributed by atoms with E-state index in [0.29, 0.717) is 5.69 Å². The lowest BCUT2D eigenvalue weighted by Crippen LogP contribution is -2.07. The van der Waals surface area contributed by atoms with E-state index in [2.05, 4.69) is 15.3 Å². The highest BCUT2D eigenvalue weighted by Gasteiger charge is 2.06. The van der Waals surface area contributed by atoms with Crippen LogP contribution in [0.1, 0.15) is 0 Å². The molecule has 0 spiro atoms. The SMILES string of the molecule is CN(C)c1nnc(SCCn2cc(N)cn2)s1. The van der Waals surface area contributed by atoms with Gasteiger partial charge in [0, 0.05) is 26.0 Å². The van der Waals surface area contributed by atoms with Gasteiger partial charge in [0.25, 0.3) is 0 Å². The van der Waals surface area contributed by atoms with Crippen molar-refractivity contribution in [2.45, 2.75) is 10.9 Å². The third-order valence-electron chi connectivity index (χ3n) is 1.98. The van der Waals surface area contributed by atoms with Crippen molar-refractivity contribution < 1.29 is 0 Å². The van der Waals surface area contributed by atoms with Gasteiger partial charge in [-0.05, 0) is 0 Å². The van der Waals surface area contributed by atoms with Crippen LogP contribution in [0, 0.1) is 0 Å². The predicted octanol–water partition coefficient (Wildman–Crippen LogP) is 1.18. The molecule has 0 unspecified atom stereocenters. The minimum absolute atomic E-state index is 0.695. The summed E-state index contributed by atoms with van der Waals surface area (Å²) in [5, 5.41) is 13.2. The summed E-state index contributed by atoms with van der Waals surface area (Å²) in [6.45, 7) is 0.818. The quantitative estimate of drug-likeness (QED) is 0.822. The number of aryl methyl sites for hydroxylation is 1. The Morgan fingerprint density at radius 3 is 2.88 bits per heavy atom. The molecule has 0 bridgehead atoms. The monoisotopic (exact) mass is 270 g/mol. The summed E-state index contributed by atoms with van der Waals surface area (Å²) in [4.78, 5) is 1.95. The summed E-state index contributed by atoms with van der Waals surface area (Å²) < 4.78 is 2.81. The Morgan fingerprint density at radius 2 is 2.29 bits per heavy atom. The summed E-state index contributed by atoms with van der Waals surface area (Å²) in [6.07, 6.45) is 3.48. The van der Waals surface area contributed by atoms with Crippen LogP contribution in [-0.4, -0.2) is 39.8 Å². The van der Waals surface area contributed by atoms with Gasteiger partial charge in [0.15, 0.2) is 4.34 Å². The lowest BCUT2D eigenvalue weighted by atomic mass is 10.6. The summed E-state index contributed by atoms with van der Waals surface area (Å²) in [5.41, 5.74) is 6.28. The van der Waals surface area contributed by atoms with Crippen LogP contribution in [0.25, 0.3) is 0 Å².